The first-order valence-corrected chi connectivity index (χ1v) is 2.68. The molecule has 1 aliphatic heterocycles. The minimum absolute atomic E-state index is 0.889. The first-order valence-electron chi connectivity index (χ1n) is 2.68. The summed E-state index contributed by atoms with van der Waals surface area (Å²) in [5.41, 5.74) is 2.84. The van der Waals surface area contributed by atoms with Gasteiger partial charge in [0.25, 0.3) is 0 Å². The number of nitrogens with one attached hydrogen (secondary N) is 2. The summed E-state index contributed by atoms with van der Waals surface area (Å²) in [5.74, 6) is 6.29. The number of nitrogens with two attached hydrogens (primary N) is 1. The number of hydrazine groups is 3. The second-order valence-electron chi connectivity index (χ2n) is 1.82. The lowest BCUT2D eigenvalue weighted by molar-refractivity contribution is 0.0272. The van der Waals surface area contributed by atoms with Gasteiger partial charge in [-0.15, -0.1) is 0 Å². The molecule has 5 nitrogen and oxygen atoms in total. The molecule has 0 unspecified atom stereocenters. The van der Waals surface area contributed by atoms with Crippen LogP contribution in [0, 0.1) is 0 Å². The minimum atomic E-state index is 0.889. The average molecular weight is 129 g/mol. The molecule has 0 aromatic carbocycles. The molecule has 0 amide bonds. The zero-order valence-corrected chi connectivity index (χ0v) is 5.55. The Morgan fingerprint density at radius 2 is 2.44 bits per heavy atom. The Hall–Kier alpha value is -0.940. The third-order valence-corrected chi connectivity index (χ3v) is 1.16. The van der Waals surface area contributed by atoms with E-state index in [1.54, 1.807) is 5.01 Å². The first-order chi connectivity index (χ1) is 4.24. The minimum Gasteiger partial charge on any atom is -0.373 e. The normalized spacial score (nSPS) is 19.4. The van der Waals surface area contributed by atoms with Crippen molar-refractivity contribution in [3.05, 3.63) is 12.0 Å². The van der Waals surface area contributed by atoms with Gasteiger partial charge in [-0.25, -0.2) is 5.84 Å². The molecule has 0 atom stereocenters. The van der Waals surface area contributed by atoms with Gasteiger partial charge in [-0.1, -0.05) is 5.23 Å². The molecule has 1 aliphatic rings. The molecule has 0 aliphatic carbocycles. The van der Waals surface area contributed by atoms with Crippen LogP contribution < -0.4 is 16.6 Å². The third-order valence-electron chi connectivity index (χ3n) is 1.16. The zero-order chi connectivity index (χ0) is 6.85. The highest BCUT2D eigenvalue weighted by Gasteiger charge is 2.11. The topological polar surface area (TPSA) is 56.6 Å². The van der Waals surface area contributed by atoms with Crippen molar-refractivity contribution in [1.82, 2.24) is 21.0 Å². The monoisotopic (exact) mass is 129 g/mol. The van der Waals surface area contributed by atoms with Crippen LogP contribution >= 0.6 is 0 Å². The summed E-state index contributed by atoms with van der Waals surface area (Å²) in [6.07, 6.45) is 1.85. The van der Waals surface area contributed by atoms with Crippen molar-refractivity contribution < 1.29 is 0 Å². The van der Waals surface area contributed by atoms with E-state index in [0.717, 1.165) is 5.82 Å². The Bertz CT molecular complexity index is 131. The van der Waals surface area contributed by atoms with E-state index in [0.29, 0.717) is 0 Å². The van der Waals surface area contributed by atoms with Crippen LogP contribution in [0.4, 0.5) is 0 Å². The SMILES string of the molecule is CNC1=CN(C)N(N)N1. The van der Waals surface area contributed by atoms with E-state index in [2.05, 4.69) is 10.7 Å². The van der Waals surface area contributed by atoms with Gasteiger partial charge >= 0.3 is 0 Å². The summed E-state index contributed by atoms with van der Waals surface area (Å²) < 4.78 is 0. The number of hydrogen-bond acceptors (Lipinski definition) is 5. The lowest BCUT2D eigenvalue weighted by Crippen LogP contribution is -2.46. The fourth-order valence-electron chi connectivity index (χ4n) is 0.601. The molecule has 0 spiro atoms. The average Bonchev–Trinajstić information content (AvgIpc) is 2.13. The van der Waals surface area contributed by atoms with E-state index in [4.69, 9.17) is 5.84 Å². The maximum atomic E-state index is 5.40. The summed E-state index contributed by atoms with van der Waals surface area (Å²) in [5, 5.41) is 6.02. The van der Waals surface area contributed by atoms with E-state index in [1.165, 1.54) is 5.23 Å². The fourth-order valence-corrected chi connectivity index (χ4v) is 0.601. The van der Waals surface area contributed by atoms with Crippen LogP contribution in [0.3, 0.4) is 0 Å². The lowest BCUT2D eigenvalue weighted by Gasteiger charge is -2.17. The molecule has 0 aromatic rings. The molecule has 52 valence electrons. The van der Waals surface area contributed by atoms with Crippen molar-refractivity contribution in [3.63, 3.8) is 0 Å². The summed E-state index contributed by atoms with van der Waals surface area (Å²) >= 11 is 0. The Kier molecular flexibility index (Phi) is 1.46. The Morgan fingerprint density at radius 1 is 1.78 bits per heavy atom. The van der Waals surface area contributed by atoms with Gasteiger partial charge in [0.05, 0.1) is 6.20 Å². The molecule has 5 heteroatoms. The van der Waals surface area contributed by atoms with Crippen LogP contribution in [0.5, 0.6) is 0 Å². The van der Waals surface area contributed by atoms with Crippen molar-refractivity contribution in [2.75, 3.05) is 14.1 Å². The van der Waals surface area contributed by atoms with Crippen molar-refractivity contribution in [1.29, 1.82) is 0 Å². The molecule has 1 heterocycles. The summed E-state index contributed by atoms with van der Waals surface area (Å²) in [4.78, 5) is 0. The Labute approximate surface area is 54.0 Å². The number of nitrogens with zero attached hydrogens (tertiary/aromatic N) is 2. The molecule has 1 rings (SSSR count). The van der Waals surface area contributed by atoms with E-state index in [-0.39, 0.29) is 0 Å². The van der Waals surface area contributed by atoms with E-state index in [9.17, 15) is 0 Å². The highest BCUT2D eigenvalue weighted by atomic mass is 15.9. The zero-order valence-electron chi connectivity index (χ0n) is 5.55. The third kappa shape index (κ3) is 1.06. The first kappa shape index (κ1) is 6.18. The molecule has 0 aromatic heterocycles. The maximum absolute atomic E-state index is 5.40. The molecule has 0 radical (unpaired) electrons. The van der Waals surface area contributed by atoms with Crippen molar-refractivity contribution in [2.45, 2.75) is 0 Å². The fraction of sp³-hybridized carbons (Fsp3) is 0.500. The smallest absolute Gasteiger partial charge is 0.134 e. The van der Waals surface area contributed by atoms with Gasteiger partial charge in [0.15, 0.2) is 0 Å². The summed E-state index contributed by atoms with van der Waals surface area (Å²) in [6.45, 7) is 0. The number of rotatable bonds is 1. The van der Waals surface area contributed by atoms with Crippen LogP contribution in [0.1, 0.15) is 0 Å². The highest BCUT2D eigenvalue weighted by Crippen LogP contribution is 1.97. The molecular formula is C4H11N5. The quantitative estimate of drug-likeness (QED) is 0.378. The van der Waals surface area contributed by atoms with Crippen LogP contribution in [0.15, 0.2) is 12.0 Å². The highest BCUT2D eigenvalue weighted by molar-refractivity contribution is 4.96. The van der Waals surface area contributed by atoms with Crippen LogP contribution in [0.2, 0.25) is 0 Å². The van der Waals surface area contributed by atoms with Gasteiger partial charge in [-0.2, -0.15) is 0 Å². The van der Waals surface area contributed by atoms with Crippen LogP contribution in [-0.2, 0) is 0 Å². The van der Waals surface area contributed by atoms with Crippen molar-refractivity contribution in [3.8, 4) is 0 Å². The van der Waals surface area contributed by atoms with Crippen molar-refractivity contribution >= 4 is 0 Å². The second kappa shape index (κ2) is 2.12. The van der Waals surface area contributed by atoms with Gasteiger partial charge in [0.1, 0.15) is 5.82 Å². The van der Waals surface area contributed by atoms with E-state index in [1.807, 2.05) is 20.3 Å². The Morgan fingerprint density at radius 3 is 2.67 bits per heavy atom. The molecule has 0 fully saturated rings. The summed E-state index contributed by atoms with van der Waals surface area (Å²) in [6, 6.07) is 0. The molecular weight excluding hydrogens is 118 g/mol. The van der Waals surface area contributed by atoms with Gasteiger partial charge in [-0.05, 0) is 0 Å². The summed E-state index contributed by atoms with van der Waals surface area (Å²) in [7, 11) is 3.67. The predicted molar refractivity (Wildman–Crippen MR) is 34.1 cm³/mol. The van der Waals surface area contributed by atoms with E-state index >= 15 is 0 Å². The molecule has 0 saturated heterocycles. The van der Waals surface area contributed by atoms with Crippen molar-refractivity contribution in [2.24, 2.45) is 5.84 Å². The second-order valence-corrected chi connectivity index (χ2v) is 1.82. The standard InChI is InChI=1S/C4H11N5/c1-6-4-3-8(2)9(5)7-4/h3,6-7H,5H2,1-2H3. The predicted octanol–water partition coefficient (Wildman–Crippen LogP) is -1.45. The van der Waals surface area contributed by atoms with Gasteiger partial charge in [-0.3, -0.25) is 10.4 Å². The van der Waals surface area contributed by atoms with Crippen LogP contribution in [-0.4, -0.2) is 24.3 Å². The molecule has 0 bridgehead atoms. The molecule has 0 saturated carbocycles. The number of hydrogen-bond donors (Lipinski definition) is 3. The largest absolute Gasteiger partial charge is 0.373 e. The Balaban J connectivity index is 2.52. The maximum Gasteiger partial charge on any atom is 0.134 e. The lowest BCUT2D eigenvalue weighted by atomic mass is 10.7. The van der Waals surface area contributed by atoms with Gasteiger partial charge in [0.2, 0.25) is 0 Å². The van der Waals surface area contributed by atoms with Gasteiger partial charge in [0, 0.05) is 14.1 Å². The van der Waals surface area contributed by atoms with Crippen LogP contribution in [0.25, 0.3) is 0 Å². The molecule has 4 N–H and O–H groups in total. The molecule has 9 heavy (non-hydrogen) atoms. The van der Waals surface area contributed by atoms with Gasteiger partial charge < -0.3 is 5.32 Å². The van der Waals surface area contributed by atoms with E-state index < -0.39 is 0 Å².